The molecule has 2 N–H and O–H groups in total. The van der Waals surface area contributed by atoms with Gasteiger partial charge >= 0.3 is 0 Å². The highest BCUT2D eigenvalue weighted by atomic mass is 16.1. The highest BCUT2D eigenvalue weighted by Gasteiger charge is 2.39. The average Bonchev–Trinajstić information content (AvgIpc) is 3.02. The summed E-state index contributed by atoms with van der Waals surface area (Å²) >= 11 is 0. The molecule has 22 heavy (non-hydrogen) atoms. The van der Waals surface area contributed by atoms with Gasteiger partial charge in [-0.1, -0.05) is 12.1 Å². The minimum absolute atomic E-state index is 0.0604. The van der Waals surface area contributed by atoms with Crippen LogP contribution in [0.15, 0.2) is 36.7 Å². The maximum Gasteiger partial charge on any atom is 0.221 e. The molecule has 1 aliphatic rings. The van der Waals surface area contributed by atoms with E-state index in [0.29, 0.717) is 18.4 Å². The van der Waals surface area contributed by atoms with Crippen LogP contribution in [-0.2, 0) is 16.8 Å². The molecule has 5 nitrogen and oxygen atoms in total. The predicted molar refractivity (Wildman–Crippen MR) is 81.7 cm³/mol. The Kier molecular flexibility index (Phi) is 3.92. The van der Waals surface area contributed by atoms with E-state index in [1.807, 2.05) is 30.5 Å². The van der Waals surface area contributed by atoms with Crippen LogP contribution in [0.5, 0.6) is 0 Å². The molecule has 1 aromatic carbocycles. The number of nitrogens with one attached hydrogen (secondary N) is 2. The van der Waals surface area contributed by atoms with Gasteiger partial charge in [-0.2, -0.15) is 10.4 Å². The van der Waals surface area contributed by atoms with Crippen molar-refractivity contribution in [1.82, 2.24) is 15.5 Å². The number of carbonyl (C=O) groups excluding carboxylic acids is 1. The number of benzene rings is 1. The Morgan fingerprint density at radius 2 is 2.14 bits per heavy atom. The molecule has 2 aromatic rings. The summed E-state index contributed by atoms with van der Waals surface area (Å²) in [6, 6.07) is 9.65. The first-order valence-corrected chi connectivity index (χ1v) is 7.51. The molecule has 1 heterocycles. The Labute approximate surface area is 129 Å². The monoisotopic (exact) mass is 294 g/mol. The van der Waals surface area contributed by atoms with Gasteiger partial charge in [0, 0.05) is 12.6 Å². The van der Waals surface area contributed by atoms with Gasteiger partial charge < -0.3 is 5.32 Å². The van der Waals surface area contributed by atoms with Crippen molar-refractivity contribution in [3.63, 3.8) is 0 Å². The van der Waals surface area contributed by atoms with Crippen LogP contribution in [0.25, 0.3) is 0 Å². The van der Waals surface area contributed by atoms with Crippen LogP contribution in [0, 0.1) is 11.3 Å². The van der Waals surface area contributed by atoms with E-state index in [-0.39, 0.29) is 11.4 Å². The zero-order valence-corrected chi connectivity index (χ0v) is 12.3. The number of rotatable bonds is 5. The molecule has 0 bridgehead atoms. The molecule has 1 aromatic heterocycles. The Hall–Kier alpha value is -2.61. The van der Waals surface area contributed by atoms with Crippen LogP contribution >= 0.6 is 0 Å². The lowest BCUT2D eigenvalue weighted by molar-refractivity contribution is -0.124. The molecule has 1 amide bonds. The maximum absolute atomic E-state index is 12.2. The van der Waals surface area contributed by atoms with Gasteiger partial charge in [-0.15, -0.1) is 0 Å². The van der Waals surface area contributed by atoms with Gasteiger partial charge in [0.25, 0.3) is 0 Å². The van der Waals surface area contributed by atoms with Crippen molar-refractivity contribution in [1.29, 1.82) is 5.26 Å². The van der Waals surface area contributed by atoms with Crippen molar-refractivity contribution in [3.8, 4) is 6.07 Å². The van der Waals surface area contributed by atoms with E-state index in [4.69, 9.17) is 5.26 Å². The molecule has 3 rings (SSSR count). The van der Waals surface area contributed by atoms with E-state index in [9.17, 15) is 4.79 Å². The van der Waals surface area contributed by atoms with Gasteiger partial charge in [-0.3, -0.25) is 9.89 Å². The van der Waals surface area contributed by atoms with E-state index >= 15 is 0 Å². The van der Waals surface area contributed by atoms with Crippen molar-refractivity contribution < 1.29 is 4.79 Å². The van der Waals surface area contributed by atoms with Crippen LogP contribution in [-0.4, -0.2) is 16.1 Å². The Morgan fingerprint density at radius 3 is 2.68 bits per heavy atom. The first kappa shape index (κ1) is 14.3. The topological polar surface area (TPSA) is 81.6 Å². The summed E-state index contributed by atoms with van der Waals surface area (Å²) < 4.78 is 0. The molecule has 0 atom stereocenters. The zero-order valence-electron chi connectivity index (χ0n) is 12.3. The number of aromatic amines is 1. The number of aryl methyl sites for hydroxylation is 1. The van der Waals surface area contributed by atoms with Gasteiger partial charge in [0.05, 0.1) is 23.4 Å². The fourth-order valence-corrected chi connectivity index (χ4v) is 2.88. The van der Waals surface area contributed by atoms with Gasteiger partial charge in [-0.05, 0) is 48.9 Å². The summed E-state index contributed by atoms with van der Waals surface area (Å²) in [4.78, 5) is 12.2. The molecule has 1 aliphatic carbocycles. The highest BCUT2D eigenvalue weighted by Crippen LogP contribution is 2.41. The minimum atomic E-state index is -0.249. The van der Waals surface area contributed by atoms with Gasteiger partial charge in [-0.25, -0.2) is 0 Å². The number of nitriles is 1. The van der Waals surface area contributed by atoms with Gasteiger partial charge in [0.15, 0.2) is 0 Å². The maximum atomic E-state index is 12.2. The Morgan fingerprint density at radius 1 is 1.36 bits per heavy atom. The lowest BCUT2D eigenvalue weighted by Gasteiger charge is -2.43. The Bertz CT molecular complexity index is 678. The molecular formula is C17H18N4O. The molecule has 0 spiro atoms. The summed E-state index contributed by atoms with van der Waals surface area (Å²) in [5.74, 6) is 0.0604. The lowest BCUT2D eigenvalue weighted by Crippen LogP contribution is -2.50. The molecule has 1 fully saturated rings. The highest BCUT2D eigenvalue weighted by molar-refractivity contribution is 5.77. The molecule has 112 valence electrons. The lowest BCUT2D eigenvalue weighted by atomic mass is 9.71. The minimum Gasteiger partial charge on any atom is -0.347 e. The van der Waals surface area contributed by atoms with Crippen LogP contribution in [0.2, 0.25) is 0 Å². The predicted octanol–water partition coefficient (Wildman–Crippen LogP) is 2.41. The molecule has 5 heteroatoms. The number of hydrogen-bond acceptors (Lipinski definition) is 3. The molecule has 0 unspecified atom stereocenters. The average molecular weight is 294 g/mol. The summed E-state index contributed by atoms with van der Waals surface area (Å²) in [7, 11) is 0. The molecule has 1 saturated carbocycles. The van der Waals surface area contributed by atoms with E-state index < -0.39 is 0 Å². The second-order valence-corrected chi connectivity index (χ2v) is 5.78. The van der Waals surface area contributed by atoms with Crippen LogP contribution < -0.4 is 5.32 Å². The summed E-state index contributed by atoms with van der Waals surface area (Å²) in [6.07, 6.45) is 7.72. The van der Waals surface area contributed by atoms with Crippen molar-refractivity contribution in [2.24, 2.45) is 0 Å². The van der Waals surface area contributed by atoms with E-state index in [1.165, 1.54) is 0 Å². The summed E-state index contributed by atoms with van der Waals surface area (Å²) in [6.45, 7) is 0. The third kappa shape index (κ3) is 2.86. The summed E-state index contributed by atoms with van der Waals surface area (Å²) in [5.41, 5.74) is 2.52. The zero-order chi connectivity index (χ0) is 15.4. The smallest absolute Gasteiger partial charge is 0.221 e. The number of H-pyrrole nitrogens is 1. The van der Waals surface area contributed by atoms with Crippen molar-refractivity contribution in [2.45, 2.75) is 37.6 Å². The number of amides is 1. The third-order valence-electron chi connectivity index (χ3n) is 4.35. The fraction of sp³-hybridized carbons (Fsp3) is 0.353. The van der Waals surface area contributed by atoms with E-state index in [0.717, 1.165) is 30.4 Å². The number of carbonyl (C=O) groups is 1. The first-order chi connectivity index (χ1) is 10.7. The van der Waals surface area contributed by atoms with Crippen molar-refractivity contribution >= 4 is 5.91 Å². The van der Waals surface area contributed by atoms with Crippen molar-refractivity contribution in [3.05, 3.63) is 53.3 Å². The second-order valence-electron chi connectivity index (χ2n) is 5.78. The van der Waals surface area contributed by atoms with E-state index in [2.05, 4.69) is 21.6 Å². The standard InChI is InChI=1S/C17H18N4O/c18-10-13-2-5-15(6-3-13)17(8-1-9-17)21-16(22)7-4-14-11-19-20-12-14/h2-3,5-6,11-12H,1,4,7-9H2,(H,19,20)(H,21,22). The van der Waals surface area contributed by atoms with E-state index in [1.54, 1.807) is 6.20 Å². The number of hydrogen-bond donors (Lipinski definition) is 2. The SMILES string of the molecule is N#Cc1ccc(C2(NC(=O)CCc3cn[nH]c3)CCC2)cc1. The van der Waals surface area contributed by atoms with Gasteiger partial charge in [0.2, 0.25) is 5.91 Å². The number of aromatic nitrogens is 2. The third-order valence-corrected chi connectivity index (χ3v) is 4.35. The fourth-order valence-electron chi connectivity index (χ4n) is 2.88. The van der Waals surface area contributed by atoms with Crippen LogP contribution in [0.1, 0.15) is 42.4 Å². The summed E-state index contributed by atoms with van der Waals surface area (Å²) in [5, 5.41) is 18.7. The van der Waals surface area contributed by atoms with Crippen molar-refractivity contribution in [2.75, 3.05) is 0 Å². The molecular weight excluding hydrogens is 276 g/mol. The van der Waals surface area contributed by atoms with Crippen LogP contribution in [0.3, 0.4) is 0 Å². The van der Waals surface area contributed by atoms with Crippen LogP contribution in [0.4, 0.5) is 0 Å². The second kappa shape index (κ2) is 6.02. The Balaban J connectivity index is 1.65. The first-order valence-electron chi connectivity index (χ1n) is 7.51. The normalized spacial score (nSPS) is 15.6. The largest absolute Gasteiger partial charge is 0.347 e. The molecule has 0 radical (unpaired) electrons. The molecule has 0 aliphatic heterocycles. The molecule has 0 saturated heterocycles. The quantitative estimate of drug-likeness (QED) is 0.888. The van der Waals surface area contributed by atoms with Gasteiger partial charge in [0.1, 0.15) is 0 Å². The number of nitrogens with zero attached hydrogens (tertiary/aromatic N) is 2.